The lowest BCUT2D eigenvalue weighted by molar-refractivity contribution is 1.28. The molecule has 0 heterocycles. The molecule has 0 unspecified atom stereocenters. The summed E-state index contributed by atoms with van der Waals surface area (Å²) < 4.78 is 0. The third kappa shape index (κ3) is 6.56. The highest BCUT2D eigenvalue weighted by Gasteiger charge is 2.10. The van der Waals surface area contributed by atoms with Crippen LogP contribution in [0.5, 0.6) is 0 Å². The Hall–Kier alpha value is -4.36. The molecule has 0 aliphatic rings. The van der Waals surface area contributed by atoms with Crippen molar-refractivity contribution in [3.05, 3.63) is 163 Å². The summed E-state index contributed by atoms with van der Waals surface area (Å²) in [6, 6.07) is 51.9. The van der Waals surface area contributed by atoms with Crippen LogP contribution in [0.25, 0.3) is 12.2 Å². The molecule has 0 aliphatic carbocycles. The largest absolute Gasteiger partial charge is 0.311 e. The Bertz CT molecular complexity index is 1080. The molecule has 0 amide bonds. The Morgan fingerprint density at radius 2 is 0.545 bits per heavy atom. The highest BCUT2D eigenvalue weighted by atomic mass is 15.1. The highest BCUT2D eigenvalue weighted by Crippen LogP contribution is 2.33. The number of hydrogen-bond donors (Lipinski definition) is 0. The van der Waals surface area contributed by atoms with Crippen molar-refractivity contribution in [2.45, 2.75) is 0 Å². The fourth-order valence-corrected chi connectivity index (χ4v) is 3.50. The van der Waals surface area contributed by atoms with Gasteiger partial charge in [0.15, 0.2) is 0 Å². The van der Waals surface area contributed by atoms with Gasteiger partial charge in [-0.05, 0) is 47.5 Å². The van der Waals surface area contributed by atoms with Gasteiger partial charge >= 0.3 is 0 Å². The van der Waals surface area contributed by atoms with Crippen molar-refractivity contribution < 1.29 is 0 Å². The van der Waals surface area contributed by atoms with E-state index >= 15 is 0 Å². The second-order valence-corrected chi connectivity index (χ2v) is 7.50. The van der Waals surface area contributed by atoms with Crippen LogP contribution in [0.3, 0.4) is 0 Å². The van der Waals surface area contributed by atoms with Crippen molar-refractivity contribution in [1.29, 1.82) is 0 Å². The van der Waals surface area contributed by atoms with E-state index in [4.69, 9.17) is 0 Å². The summed E-state index contributed by atoms with van der Waals surface area (Å²) in [5.74, 6) is 0. The second kappa shape index (κ2) is 11.9. The highest BCUT2D eigenvalue weighted by molar-refractivity contribution is 5.76. The van der Waals surface area contributed by atoms with Gasteiger partial charge in [-0.2, -0.15) is 0 Å². The minimum absolute atomic E-state index is 1.17. The third-order valence-corrected chi connectivity index (χ3v) is 5.11. The SMILES string of the molecule is C(=Cc1ccccc1)c1ccccc1.c1ccc(N(c2ccccc2)c2ccccc2)cc1. The van der Waals surface area contributed by atoms with Gasteiger partial charge in [-0.15, -0.1) is 0 Å². The van der Waals surface area contributed by atoms with Crippen molar-refractivity contribution in [3.8, 4) is 0 Å². The van der Waals surface area contributed by atoms with Crippen LogP contribution in [-0.2, 0) is 0 Å². The topological polar surface area (TPSA) is 3.24 Å². The first kappa shape index (κ1) is 21.9. The van der Waals surface area contributed by atoms with Gasteiger partial charge in [-0.25, -0.2) is 0 Å². The average molecular weight is 426 g/mol. The molecule has 0 spiro atoms. The maximum absolute atomic E-state index is 2.25. The molecule has 0 fully saturated rings. The van der Waals surface area contributed by atoms with Crippen molar-refractivity contribution in [2.24, 2.45) is 0 Å². The molecule has 0 N–H and O–H groups in total. The number of anilines is 3. The standard InChI is InChI=1S/C18H15N.C14H12/c1-4-10-16(11-5-1)19(17-12-6-2-7-13-17)18-14-8-3-9-15-18;1-3-7-13(8-4-1)11-12-14-9-5-2-6-10-14/h1-15H;1-12H. The van der Waals surface area contributed by atoms with Gasteiger partial charge in [0.05, 0.1) is 0 Å². The number of benzene rings is 5. The van der Waals surface area contributed by atoms with E-state index in [9.17, 15) is 0 Å². The van der Waals surface area contributed by atoms with Crippen molar-refractivity contribution >= 4 is 29.2 Å². The summed E-state index contributed by atoms with van der Waals surface area (Å²) in [5.41, 5.74) is 5.97. The van der Waals surface area contributed by atoms with Gasteiger partial charge in [-0.1, -0.05) is 127 Å². The molecule has 5 aromatic carbocycles. The van der Waals surface area contributed by atoms with Gasteiger partial charge in [0.1, 0.15) is 0 Å². The van der Waals surface area contributed by atoms with E-state index in [1.54, 1.807) is 0 Å². The number of para-hydroxylation sites is 3. The van der Waals surface area contributed by atoms with Gasteiger partial charge < -0.3 is 4.90 Å². The minimum Gasteiger partial charge on any atom is -0.311 e. The lowest BCUT2D eigenvalue weighted by atomic mass is 10.1. The Morgan fingerprint density at radius 1 is 0.303 bits per heavy atom. The fourth-order valence-electron chi connectivity index (χ4n) is 3.50. The zero-order valence-corrected chi connectivity index (χ0v) is 18.5. The molecule has 1 nitrogen and oxygen atoms in total. The van der Waals surface area contributed by atoms with Crippen LogP contribution in [-0.4, -0.2) is 0 Å². The zero-order valence-electron chi connectivity index (χ0n) is 18.5. The van der Waals surface area contributed by atoms with Crippen LogP contribution < -0.4 is 4.90 Å². The predicted molar refractivity (Wildman–Crippen MR) is 143 cm³/mol. The summed E-state index contributed by atoms with van der Waals surface area (Å²) in [4.78, 5) is 2.25. The van der Waals surface area contributed by atoms with Crippen molar-refractivity contribution in [2.75, 3.05) is 4.90 Å². The normalized spacial score (nSPS) is 10.3. The maximum Gasteiger partial charge on any atom is 0.0461 e. The monoisotopic (exact) mass is 425 g/mol. The summed E-state index contributed by atoms with van der Waals surface area (Å²) in [5, 5.41) is 0. The van der Waals surface area contributed by atoms with Gasteiger partial charge in [0.2, 0.25) is 0 Å². The lowest BCUT2D eigenvalue weighted by Crippen LogP contribution is -2.09. The molecule has 33 heavy (non-hydrogen) atoms. The van der Waals surface area contributed by atoms with E-state index in [0.717, 1.165) is 0 Å². The fraction of sp³-hybridized carbons (Fsp3) is 0. The molecule has 0 saturated heterocycles. The number of hydrogen-bond acceptors (Lipinski definition) is 1. The molecule has 0 aliphatic heterocycles. The minimum atomic E-state index is 1.17. The summed E-state index contributed by atoms with van der Waals surface area (Å²) in [7, 11) is 0. The van der Waals surface area contributed by atoms with E-state index in [-0.39, 0.29) is 0 Å². The first-order valence-electron chi connectivity index (χ1n) is 11.1. The molecule has 0 radical (unpaired) electrons. The Kier molecular flexibility index (Phi) is 7.87. The first-order valence-corrected chi connectivity index (χ1v) is 11.1. The van der Waals surface area contributed by atoms with E-state index in [0.29, 0.717) is 0 Å². The van der Waals surface area contributed by atoms with Crippen LogP contribution in [0.1, 0.15) is 11.1 Å². The quantitative estimate of drug-likeness (QED) is 0.254. The smallest absolute Gasteiger partial charge is 0.0461 e. The van der Waals surface area contributed by atoms with Crippen molar-refractivity contribution in [1.82, 2.24) is 0 Å². The molecule has 0 bridgehead atoms. The molecule has 0 aromatic heterocycles. The molecule has 0 saturated carbocycles. The number of rotatable bonds is 5. The van der Waals surface area contributed by atoms with Crippen LogP contribution in [0.2, 0.25) is 0 Å². The average Bonchev–Trinajstić information content (AvgIpc) is 2.91. The number of nitrogens with zero attached hydrogens (tertiary/aromatic N) is 1. The Morgan fingerprint density at radius 3 is 0.818 bits per heavy atom. The summed E-state index contributed by atoms with van der Waals surface area (Å²) >= 11 is 0. The van der Waals surface area contributed by atoms with Crippen LogP contribution in [0.15, 0.2) is 152 Å². The van der Waals surface area contributed by atoms with Crippen LogP contribution >= 0.6 is 0 Å². The van der Waals surface area contributed by atoms with E-state index in [2.05, 4.69) is 114 Å². The Labute approximate surface area is 196 Å². The molecule has 0 atom stereocenters. The van der Waals surface area contributed by atoms with Gasteiger partial charge in [0, 0.05) is 17.1 Å². The van der Waals surface area contributed by atoms with E-state index in [1.165, 1.54) is 28.2 Å². The molecule has 160 valence electrons. The van der Waals surface area contributed by atoms with E-state index < -0.39 is 0 Å². The molecular weight excluding hydrogens is 398 g/mol. The van der Waals surface area contributed by atoms with Gasteiger partial charge in [0.25, 0.3) is 0 Å². The molecule has 5 rings (SSSR count). The van der Waals surface area contributed by atoms with Gasteiger partial charge in [-0.3, -0.25) is 0 Å². The van der Waals surface area contributed by atoms with Crippen LogP contribution in [0.4, 0.5) is 17.1 Å². The van der Waals surface area contributed by atoms with Crippen LogP contribution in [0, 0.1) is 0 Å². The summed E-state index contributed by atoms with van der Waals surface area (Å²) in [6.45, 7) is 0. The predicted octanol–water partition coefficient (Wildman–Crippen LogP) is 9.01. The van der Waals surface area contributed by atoms with Crippen molar-refractivity contribution in [3.63, 3.8) is 0 Å². The molecular formula is C32H27N. The lowest BCUT2D eigenvalue weighted by Gasteiger charge is -2.25. The molecule has 5 aromatic rings. The third-order valence-electron chi connectivity index (χ3n) is 5.11. The first-order chi connectivity index (χ1) is 16.4. The molecule has 1 heteroatoms. The maximum atomic E-state index is 2.25. The zero-order chi connectivity index (χ0) is 22.6. The summed E-state index contributed by atoms with van der Waals surface area (Å²) in [6.07, 6.45) is 4.24. The van der Waals surface area contributed by atoms with E-state index in [1.807, 2.05) is 54.6 Å². The Balaban J connectivity index is 0.000000165. The second-order valence-electron chi connectivity index (χ2n) is 7.50.